The van der Waals surface area contributed by atoms with Gasteiger partial charge in [-0.3, -0.25) is 4.99 Å². The van der Waals surface area contributed by atoms with Gasteiger partial charge in [0.05, 0.1) is 18.3 Å². The largest absolute Gasteiger partial charge is 0.462 e. The van der Waals surface area contributed by atoms with Crippen molar-refractivity contribution in [2.24, 2.45) is 4.99 Å². The van der Waals surface area contributed by atoms with Gasteiger partial charge in [0.25, 0.3) is 0 Å². The fourth-order valence-electron chi connectivity index (χ4n) is 1.92. The van der Waals surface area contributed by atoms with E-state index in [9.17, 15) is 4.79 Å². The second kappa shape index (κ2) is 10.2. The normalized spacial score (nSPS) is 12.8. The van der Waals surface area contributed by atoms with Crippen molar-refractivity contribution in [3.8, 4) is 0 Å². The first-order valence-electron chi connectivity index (χ1n) is 8.22. The van der Waals surface area contributed by atoms with E-state index in [0.29, 0.717) is 17.2 Å². The van der Waals surface area contributed by atoms with Crippen molar-refractivity contribution in [3.63, 3.8) is 0 Å². The van der Waals surface area contributed by atoms with Gasteiger partial charge in [0.2, 0.25) is 0 Å². The number of esters is 1. The summed E-state index contributed by atoms with van der Waals surface area (Å²) < 4.78 is 5.06. The molecule has 1 unspecified atom stereocenters. The maximum Gasteiger partial charge on any atom is 0.350 e. The van der Waals surface area contributed by atoms with Crippen LogP contribution in [0.2, 0.25) is 0 Å². The fourth-order valence-corrected chi connectivity index (χ4v) is 2.89. The maximum atomic E-state index is 11.9. The molecule has 0 fully saturated rings. The summed E-state index contributed by atoms with van der Waals surface area (Å²) in [7, 11) is 0. The number of thiazole rings is 1. The van der Waals surface area contributed by atoms with Crippen LogP contribution in [0.5, 0.6) is 0 Å². The molecule has 0 aromatic carbocycles. The molecule has 0 radical (unpaired) electrons. The molecule has 0 spiro atoms. The van der Waals surface area contributed by atoms with Crippen LogP contribution in [-0.4, -0.2) is 36.6 Å². The third-order valence-electron chi connectivity index (χ3n) is 3.12. The van der Waals surface area contributed by atoms with E-state index in [4.69, 9.17) is 4.74 Å². The first kappa shape index (κ1) is 19.4. The van der Waals surface area contributed by atoms with Crippen molar-refractivity contribution < 1.29 is 9.53 Å². The molecule has 1 heterocycles. The van der Waals surface area contributed by atoms with Crippen LogP contribution in [0, 0.1) is 6.92 Å². The summed E-state index contributed by atoms with van der Waals surface area (Å²) >= 11 is 1.37. The molecule has 0 saturated carbocycles. The zero-order valence-corrected chi connectivity index (χ0v) is 15.5. The third-order valence-corrected chi connectivity index (χ3v) is 4.44. The highest BCUT2D eigenvalue weighted by atomic mass is 32.1. The van der Waals surface area contributed by atoms with Crippen LogP contribution in [0.4, 0.5) is 0 Å². The van der Waals surface area contributed by atoms with Crippen molar-refractivity contribution in [2.45, 2.75) is 53.5 Å². The lowest BCUT2D eigenvalue weighted by atomic mass is 10.3. The van der Waals surface area contributed by atoms with Crippen LogP contribution in [-0.2, 0) is 4.74 Å². The number of hydrogen-bond donors (Lipinski definition) is 2. The fraction of sp³-hybridized carbons (Fsp3) is 0.688. The van der Waals surface area contributed by atoms with Gasteiger partial charge in [-0.05, 0) is 34.1 Å². The number of nitrogens with one attached hydrogen (secondary N) is 2. The summed E-state index contributed by atoms with van der Waals surface area (Å²) in [5.74, 6) is 0.475. The Morgan fingerprint density at radius 1 is 1.39 bits per heavy atom. The Kier molecular flexibility index (Phi) is 8.61. The molecule has 130 valence electrons. The molecule has 0 aliphatic heterocycles. The molecule has 1 atom stereocenters. The van der Waals surface area contributed by atoms with Crippen LogP contribution >= 0.6 is 11.3 Å². The van der Waals surface area contributed by atoms with E-state index >= 15 is 0 Å². The quantitative estimate of drug-likeness (QED) is 0.329. The summed E-state index contributed by atoms with van der Waals surface area (Å²) in [5, 5.41) is 7.42. The lowest BCUT2D eigenvalue weighted by Crippen LogP contribution is -2.38. The minimum absolute atomic E-state index is 0.0266. The van der Waals surface area contributed by atoms with E-state index in [1.54, 1.807) is 6.92 Å². The van der Waals surface area contributed by atoms with Crippen LogP contribution in [0.25, 0.3) is 0 Å². The SMILES string of the molecule is CCCCN=C(NCC)NC(C)c1nc(C)c(C(=O)OCC)s1. The van der Waals surface area contributed by atoms with Crippen LogP contribution in [0.15, 0.2) is 4.99 Å². The zero-order valence-electron chi connectivity index (χ0n) is 14.7. The average molecular weight is 340 g/mol. The lowest BCUT2D eigenvalue weighted by Gasteiger charge is -2.15. The van der Waals surface area contributed by atoms with E-state index in [0.717, 1.165) is 36.9 Å². The third kappa shape index (κ3) is 6.17. The second-order valence-corrected chi connectivity index (χ2v) is 6.20. The number of carbonyl (C=O) groups is 1. The van der Waals surface area contributed by atoms with E-state index in [2.05, 4.69) is 27.5 Å². The smallest absolute Gasteiger partial charge is 0.350 e. The monoisotopic (exact) mass is 340 g/mol. The van der Waals surface area contributed by atoms with Gasteiger partial charge in [0.15, 0.2) is 5.96 Å². The molecule has 6 nitrogen and oxygen atoms in total. The zero-order chi connectivity index (χ0) is 17.2. The van der Waals surface area contributed by atoms with Crippen molar-refractivity contribution >= 4 is 23.3 Å². The summed E-state index contributed by atoms with van der Waals surface area (Å²) in [6.45, 7) is 11.8. The molecule has 1 rings (SSSR count). The number of unbranched alkanes of at least 4 members (excludes halogenated alkanes) is 1. The molecule has 2 N–H and O–H groups in total. The average Bonchev–Trinajstić information content (AvgIpc) is 2.90. The van der Waals surface area contributed by atoms with Gasteiger partial charge < -0.3 is 15.4 Å². The first-order chi connectivity index (χ1) is 11.0. The Balaban J connectivity index is 2.79. The number of rotatable bonds is 8. The molecule has 0 amide bonds. The summed E-state index contributed by atoms with van der Waals surface area (Å²) in [6.07, 6.45) is 2.18. The van der Waals surface area contributed by atoms with Gasteiger partial charge in [-0.1, -0.05) is 13.3 Å². The van der Waals surface area contributed by atoms with Gasteiger partial charge >= 0.3 is 5.97 Å². The number of aryl methyl sites for hydroxylation is 1. The standard InChI is InChI=1S/C16H28N4O2S/c1-6-9-10-18-16(17-7-2)20-12(5)14-19-11(4)13(23-14)15(21)22-8-3/h12H,6-10H2,1-5H3,(H2,17,18,20). The molecule has 0 aliphatic rings. The van der Waals surface area contributed by atoms with E-state index < -0.39 is 0 Å². The van der Waals surface area contributed by atoms with Crippen LogP contribution in [0.3, 0.4) is 0 Å². The molecule has 23 heavy (non-hydrogen) atoms. The van der Waals surface area contributed by atoms with Crippen molar-refractivity contribution in [2.75, 3.05) is 19.7 Å². The number of hydrogen-bond acceptors (Lipinski definition) is 5. The number of ether oxygens (including phenoxy) is 1. The van der Waals surface area contributed by atoms with Gasteiger partial charge in [-0.2, -0.15) is 0 Å². The number of guanidine groups is 1. The molecule has 1 aromatic heterocycles. The number of aromatic nitrogens is 1. The lowest BCUT2D eigenvalue weighted by molar-refractivity contribution is 0.0531. The molecule has 0 aliphatic carbocycles. The minimum atomic E-state index is -0.301. The molecule has 7 heteroatoms. The number of carbonyl (C=O) groups excluding carboxylic acids is 1. The molecule has 0 saturated heterocycles. The Bertz CT molecular complexity index is 528. The number of aliphatic imine (C=N–C) groups is 1. The van der Waals surface area contributed by atoms with Gasteiger partial charge in [-0.25, -0.2) is 9.78 Å². The predicted molar refractivity (Wildman–Crippen MR) is 95.2 cm³/mol. The highest BCUT2D eigenvalue weighted by Crippen LogP contribution is 2.24. The first-order valence-corrected chi connectivity index (χ1v) is 9.04. The van der Waals surface area contributed by atoms with Crippen LogP contribution < -0.4 is 10.6 Å². The highest BCUT2D eigenvalue weighted by molar-refractivity contribution is 7.13. The Labute approximate surface area is 142 Å². The highest BCUT2D eigenvalue weighted by Gasteiger charge is 2.19. The molecular formula is C16H28N4O2S. The van der Waals surface area contributed by atoms with Gasteiger partial charge in [0, 0.05) is 13.1 Å². The van der Waals surface area contributed by atoms with E-state index in [1.807, 2.05) is 20.8 Å². The van der Waals surface area contributed by atoms with Crippen LogP contribution in [0.1, 0.15) is 67.0 Å². The maximum absolute atomic E-state index is 11.9. The molecule has 1 aromatic rings. The summed E-state index contributed by atoms with van der Waals surface area (Å²) in [4.78, 5) is 21.5. The Hall–Kier alpha value is -1.63. The van der Waals surface area contributed by atoms with E-state index in [1.165, 1.54) is 11.3 Å². The molecule has 0 bridgehead atoms. The van der Waals surface area contributed by atoms with Crippen molar-refractivity contribution in [1.29, 1.82) is 0 Å². The Morgan fingerprint density at radius 2 is 2.13 bits per heavy atom. The van der Waals surface area contributed by atoms with Crippen molar-refractivity contribution in [3.05, 3.63) is 15.6 Å². The molecular weight excluding hydrogens is 312 g/mol. The summed E-state index contributed by atoms with van der Waals surface area (Å²) in [5.41, 5.74) is 0.713. The topological polar surface area (TPSA) is 75.6 Å². The van der Waals surface area contributed by atoms with Gasteiger partial charge in [-0.15, -0.1) is 11.3 Å². The Morgan fingerprint density at radius 3 is 2.74 bits per heavy atom. The second-order valence-electron chi connectivity index (χ2n) is 5.17. The predicted octanol–water partition coefficient (Wildman–Crippen LogP) is 3.04. The van der Waals surface area contributed by atoms with Gasteiger partial charge in [0.1, 0.15) is 9.88 Å². The van der Waals surface area contributed by atoms with E-state index in [-0.39, 0.29) is 12.0 Å². The minimum Gasteiger partial charge on any atom is -0.462 e. The number of nitrogens with zero attached hydrogens (tertiary/aromatic N) is 2. The summed E-state index contributed by atoms with van der Waals surface area (Å²) in [6, 6.07) is -0.0266. The van der Waals surface area contributed by atoms with Crippen molar-refractivity contribution in [1.82, 2.24) is 15.6 Å².